The number of thioether (sulfide) groups is 1. The molecule has 0 fully saturated rings. The minimum Gasteiger partial charge on any atom is -0.497 e. The Morgan fingerprint density at radius 3 is 2.27 bits per heavy atom. The molecule has 0 spiro atoms. The maximum absolute atomic E-state index is 13.4. The molecule has 0 aliphatic carbocycles. The van der Waals surface area contributed by atoms with E-state index in [0.29, 0.717) is 33.5 Å². The Hall–Kier alpha value is -3.94. The number of nitrogens with one attached hydrogen (secondary N) is 2. The van der Waals surface area contributed by atoms with Gasteiger partial charge in [-0.2, -0.15) is 0 Å². The van der Waals surface area contributed by atoms with Crippen molar-refractivity contribution in [2.45, 2.75) is 10.1 Å². The molecule has 37 heavy (non-hydrogen) atoms. The van der Waals surface area contributed by atoms with Crippen molar-refractivity contribution in [3.63, 3.8) is 0 Å². The summed E-state index contributed by atoms with van der Waals surface area (Å²) in [6, 6.07) is 28.9. The summed E-state index contributed by atoms with van der Waals surface area (Å²) in [6.45, 7) is 0. The third-order valence-electron chi connectivity index (χ3n) is 5.44. The summed E-state index contributed by atoms with van der Waals surface area (Å²) in [7, 11) is 3.09. The number of carbonyl (C=O) groups excluding carboxylic acids is 2. The van der Waals surface area contributed by atoms with Gasteiger partial charge in [0, 0.05) is 21.8 Å². The summed E-state index contributed by atoms with van der Waals surface area (Å²) in [4.78, 5) is 27.0. The fourth-order valence-corrected chi connectivity index (χ4v) is 4.94. The number of carbonyl (C=O) groups is 2. The summed E-state index contributed by atoms with van der Waals surface area (Å²) in [5.41, 5.74) is 2.51. The molecule has 0 aromatic heterocycles. The standard InChI is InChI=1S/C29H25ClN2O4S/c1-35-23-12-6-10-20(16-23)28(33)31-21-11-7-13-24(17-21)37-27(19-8-4-3-5-9-19)29(34)32-22-14-15-26(36-2)25(30)18-22/h3-18,27H,1-2H3,(H,31,33)(H,32,34). The number of ether oxygens (including phenoxy) is 2. The van der Waals surface area contributed by atoms with E-state index in [1.807, 2.05) is 48.5 Å². The van der Waals surface area contributed by atoms with E-state index >= 15 is 0 Å². The lowest BCUT2D eigenvalue weighted by molar-refractivity contribution is -0.115. The van der Waals surface area contributed by atoms with E-state index in [2.05, 4.69) is 10.6 Å². The number of rotatable bonds is 9. The van der Waals surface area contributed by atoms with Gasteiger partial charge in [-0.25, -0.2) is 0 Å². The molecule has 0 saturated heterocycles. The zero-order chi connectivity index (χ0) is 26.2. The van der Waals surface area contributed by atoms with Crippen LogP contribution in [0.15, 0.2) is 102 Å². The molecule has 4 aromatic rings. The largest absolute Gasteiger partial charge is 0.497 e. The fraction of sp³-hybridized carbons (Fsp3) is 0.103. The van der Waals surface area contributed by atoms with Crippen molar-refractivity contribution in [3.05, 3.63) is 113 Å². The summed E-state index contributed by atoms with van der Waals surface area (Å²) in [5.74, 6) is 0.673. The monoisotopic (exact) mass is 532 g/mol. The highest BCUT2D eigenvalue weighted by Gasteiger charge is 2.23. The Balaban J connectivity index is 1.53. The van der Waals surface area contributed by atoms with Crippen LogP contribution in [-0.2, 0) is 4.79 Å². The van der Waals surface area contributed by atoms with Crippen LogP contribution in [0.1, 0.15) is 21.2 Å². The lowest BCUT2D eigenvalue weighted by atomic mass is 10.1. The quantitative estimate of drug-likeness (QED) is 0.225. The van der Waals surface area contributed by atoms with Crippen LogP contribution in [0.25, 0.3) is 0 Å². The molecule has 0 bridgehead atoms. The van der Waals surface area contributed by atoms with Gasteiger partial charge in [0.1, 0.15) is 16.7 Å². The molecule has 0 aliphatic heterocycles. The van der Waals surface area contributed by atoms with Crippen LogP contribution >= 0.6 is 23.4 Å². The van der Waals surface area contributed by atoms with Gasteiger partial charge in [0.2, 0.25) is 5.91 Å². The third-order valence-corrected chi connectivity index (χ3v) is 6.98. The molecule has 0 radical (unpaired) electrons. The van der Waals surface area contributed by atoms with Gasteiger partial charge < -0.3 is 20.1 Å². The molecule has 4 aromatic carbocycles. The second-order valence-corrected chi connectivity index (χ2v) is 9.55. The Bertz CT molecular complexity index is 1400. The second-order valence-electron chi connectivity index (χ2n) is 7.96. The molecule has 0 heterocycles. The SMILES string of the molecule is COc1cccc(C(=O)Nc2cccc(SC(C(=O)Nc3ccc(OC)c(Cl)c3)c3ccccc3)c2)c1. The lowest BCUT2D eigenvalue weighted by Gasteiger charge is -2.18. The average molecular weight is 533 g/mol. The Morgan fingerprint density at radius 2 is 1.54 bits per heavy atom. The zero-order valence-corrected chi connectivity index (χ0v) is 21.8. The van der Waals surface area contributed by atoms with Crippen molar-refractivity contribution in [2.75, 3.05) is 24.9 Å². The van der Waals surface area contributed by atoms with E-state index in [1.165, 1.54) is 18.9 Å². The van der Waals surface area contributed by atoms with E-state index in [9.17, 15) is 9.59 Å². The summed E-state index contributed by atoms with van der Waals surface area (Å²) in [5, 5.41) is 5.72. The van der Waals surface area contributed by atoms with Crippen LogP contribution in [0.3, 0.4) is 0 Å². The molecule has 8 heteroatoms. The number of anilines is 2. The predicted molar refractivity (Wildman–Crippen MR) is 149 cm³/mol. The van der Waals surface area contributed by atoms with Gasteiger partial charge in [-0.1, -0.05) is 54.1 Å². The molecule has 0 aliphatic rings. The highest BCUT2D eigenvalue weighted by molar-refractivity contribution is 8.00. The van der Waals surface area contributed by atoms with E-state index in [4.69, 9.17) is 21.1 Å². The first-order valence-corrected chi connectivity index (χ1v) is 12.6. The molecular formula is C29H25ClN2O4S. The molecule has 2 N–H and O–H groups in total. The number of benzene rings is 4. The summed E-state index contributed by atoms with van der Waals surface area (Å²) < 4.78 is 10.4. The average Bonchev–Trinajstić information content (AvgIpc) is 2.92. The third kappa shape index (κ3) is 6.84. The van der Waals surface area contributed by atoms with Crippen molar-refractivity contribution in [3.8, 4) is 11.5 Å². The van der Waals surface area contributed by atoms with Crippen molar-refractivity contribution >= 4 is 46.6 Å². The summed E-state index contributed by atoms with van der Waals surface area (Å²) in [6.07, 6.45) is 0. The Labute approximate surface area is 225 Å². The zero-order valence-electron chi connectivity index (χ0n) is 20.2. The lowest BCUT2D eigenvalue weighted by Crippen LogP contribution is -2.19. The predicted octanol–water partition coefficient (Wildman–Crippen LogP) is 7.08. The first-order chi connectivity index (χ1) is 18.0. The maximum Gasteiger partial charge on any atom is 0.255 e. The van der Waals surface area contributed by atoms with Gasteiger partial charge in [-0.3, -0.25) is 9.59 Å². The minimum atomic E-state index is -0.550. The highest BCUT2D eigenvalue weighted by atomic mass is 35.5. The van der Waals surface area contributed by atoms with Crippen molar-refractivity contribution in [2.24, 2.45) is 0 Å². The molecule has 2 amide bonds. The first kappa shape index (κ1) is 26.1. The van der Waals surface area contributed by atoms with Gasteiger partial charge in [0.25, 0.3) is 5.91 Å². The number of amides is 2. The number of halogens is 1. The molecular weight excluding hydrogens is 508 g/mol. The van der Waals surface area contributed by atoms with Crippen LogP contribution in [0.2, 0.25) is 5.02 Å². The molecule has 4 rings (SSSR count). The number of hydrogen-bond acceptors (Lipinski definition) is 5. The van der Waals surface area contributed by atoms with Crippen LogP contribution in [0.5, 0.6) is 11.5 Å². The topological polar surface area (TPSA) is 76.7 Å². The van der Waals surface area contributed by atoms with Gasteiger partial charge in [-0.05, 0) is 60.2 Å². The van der Waals surface area contributed by atoms with E-state index in [-0.39, 0.29) is 11.8 Å². The highest BCUT2D eigenvalue weighted by Crippen LogP contribution is 2.38. The molecule has 0 saturated carbocycles. The smallest absolute Gasteiger partial charge is 0.255 e. The van der Waals surface area contributed by atoms with Crippen molar-refractivity contribution in [1.82, 2.24) is 0 Å². The molecule has 1 unspecified atom stereocenters. The minimum absolute atomic E-state index is 0.205. The maximum atomic E-state index is 13.4. The summed E-state index contributed by atoms with van der Waals surface area (Å²) >= 11 is 7.62. The number of hydrogen-bond donors (Lipinski definition) is 2. The van der Waals surface area contributed by atoms with E-state index in [1.54, 1.807) is 55.6 Å². The van der Waals surface area contributed by atoms with Crippen LogP contribution in [0.4, 0.5) is 11.4 Å². The first-order valence-electron chi connectivity index (χ1n) is 11.4. The molecule has 1 atom stereocenters. The Kier molecular flexibility index (Phi) is 8.72. The van der Waals surface area contributed by atoms with Gasteiger partial charge in [0.15, 0.2) is 0 Å². The van der Waals surface area contributed by atoms with Crippen molar-refractivity contribution in [1.29, 1.82) is 0 Å². The van der Waals surface area contributed by atoms with Gasteiger partial charge in [-0.15, -0.1) is 11.8 Å². The fourth-order valence-electron chi connectivity index (χ4n) is 3.60. The molecule has 6 nitrogen and oxygen atoms in total. The Morgan fingerprint density at radius 1 is 0.784 bits per heavy atom. The second kappa shape index (κ2) is 12.3. The molecule has 188 valence electrons. The number of methoxy groups -OCH3 is 2. The van der Waals surface area contributed by atoms with Gasteiger partial charge >= 0.3 is 0 Å². The van der Waals surface area contributed by atoms with Crippen LogP contribution < -0.4 is 20.1 Å². The van der Waals surface area contributed by atoms with Crippen molar-refractivity contribution < 1.29 is 19.1 Å². The van der Waals surface area contributed by atoms with E-state index in [0.717, 1.165) is 10.5 Å². The normalized spacial score (nSPS) is 11.3. The van der Waals surface area contributed by atoms with Crippen LogP contribution in [0, 0.1) is 0 Å². The van der Waals surface area contributed by atoms with Gasteiger partial charge in [0.05, 0.1) is 19.2 Å². The van der Waals surface area contributed by atoms with Crippen LogP contribution in [-0.4, -0.2) is 26.0 Å². The van der Waals surface area contributed by atoms with E-state index < -0.39 is 5.25 Å².